The van der Waals surface area contributed by atoms with E-state index in [1.165, 1.54) is 6.42 Å². The maximum Gasteiger partial charge on any atom is 0.0465 e. The van der Waals surface area contributed by atoms with Crippen LogP contribution in [0, 0.1) is 5.92 Å². The van der Waals surface area contributed by atoms with Crippen LogP contribution in [0.15, 0.2) is 18.2 Å². The van der Waals surface area contributed by atoms with Crippen molar-refractivity contribution >= 4 is 23.2 Å². The molecule has 94 valence electrons. The number of nitrogens with zero attached hydrogens (tertiary/aromatic N) is 1. The summed E-state index contributed by atoms with van der Waals surface area (Å²) in [6.45, 7) is 5.14. The van der Waals surface area contributed by atoms with Crippen LogP contribution in [-0.2, 0) is 6.54 Å². The molecular formula is C13H18Cl2N2. The lowest BCUT2D eigenvalue weighted by Gasteiger charge is -2.18. The van der Waals surface area contributed by atoms with E-state index in [4.69, 9.17) is 28.9 Å². The van der Waals surface area contributed by atoms with Gasteiger partial charge in [0, 0.05) is 29.2 Å². The maximum absolute atomic E-state index is 6.17. The van der Waals surface area contributed by atoms with Crippen LogP contribution in [-0.4, -0.2) is 24.0 Å². The van der Waals surface area contributed by atoms with Crippen LogP contribution in [0.25, 0.3) is 0 Å². The molecule has 2 nitrogen and oxygen atoms in total. The van der Waals surface area contributed by atoms with Crippen molar-refractivity contribution in [3.63, 3.8) is 0 Å². The zero-order chi connectivity index (χ0) is 12.4. The van der Waals surface area contributed by atoms with Crippen LogP contribution in [0.2, 0.25) is 10.0 Å². The van der Waals surface area contributed by atoms with Crippen molar-refractivity contribution in [3.05, 3.63) is 33.8 Å². The molecule has 1 heterocycles. The molecule has 1 aliphatic rings. The van der Waals surface area contributed by atoms with Gasteiger partial charge in [-0.2, -0.15) is 0 Å². The van der Waals surface area contributed by atoms with Crippen LogP contribution in [0.1, 0.15) is 18.9 Å². The highest BCUT2D eigenvalue weighted by Gasteiger charge is 2.25. The topological polar surface area (TPSA) is 29.3 Å². The number of hydrogen-bond acceptors (Lipinski definition) is 2. The van der Waals surface area contributed by atoms with Crippen LogP contribution in [0.3, 0.4) is 0 Å². The van der Waals surface area contributed by atoms with E-state index in [0.29, 0.717) is 10.9 Å². The molecule has 1 saturated heterocycles. The Bertz CT molecular complexity index is 393. The van der Waals surface area contributed by atoms with Crippen LogP contribution < -0.4 is 5.73 Å². The number of halogens is 2. The lowest BCUT2D eigenvalue weighted by molar-refractivity contribution is 0.308. The fourth-order valence-electron chi connectivity index (χ4n) is 2.33. The molecule has 0 bridgehead atoms. The summed E-state index contributed by atoms with van der Waals surface area (Å²) in [6.07, 6.45) is 1.18. The van der Waals surface area contributed by atoms with E-state index in [0.717, 1.165) is 30.2 Å². The van der Waals surface area contributed by atoms with Crippen molar-refractivity contribution in [2.75, 3.05) is 13.1 Å². The minimum atomic E-state index is 0.278. The second-order valence-corrected chi connectivity index (χ2v) is 5.72. The molecule has 0 amide bonds. The van der Waals surface area contributed by atoms with Crippen molar-refractivity contribution in [1.82, 2.24) is 4.90 Å². The van der Waals surface area contributed by atoms with E-state index >= 15 is 0 Å². The Morgan fingerprint density at radius 2 is 2.24 bits per heavy atom. The first-order valence-corrected chi connectivity index (χ1v) is 6.73. The summed E-state index contributed by atoms with van der Waals surface area (Å²) < 4.78 is 0. The third kappa shape index (κ3) is 3.35. The molecule has 0 spiro atoms. The van der Waals surface area contributed by atoms with Crippen LogP contribution in [0.4, 0.5) is 0 Å². The fourth-order valence-corrected chi connectivity index (χ4v) is 2.79. The Balaban J connectivity index is 1.98. The van der Waals surface area contributed by atoms with Gasteiger partial charge in [0.05, 0.1) is 0 Å². The van der Waals surface area contributed by atoms with Gasteiger partial charge in [0.25, 0.3) is 0 Å². The molecule has 2 atom stereocenters. The highest BCUT2D eigenvalue weighted by atomic mass is 35.5. The van der Waals surface area contributed by atoms with Gasteiger partial charge < -0.3 is 5.73 Å². The normalized spacial score (nSPS) is 22.9. The molecule has 1 aromatic carbocycles. The van der Waals surface area contributed by atoms with Gasteiger partial charge in [0.15, 0.2) is 0 Å². The van der Waals surface area contributed by atoms with E-state index in [9.17, 15) is 0 Å². The van der Waals surface area contributed by atoms with E-state index < -0.39 is 0 Å². The number of nitrogens with two attached hydrogens (primary N) is 1. The summed E-state index contributed by atoms with van der Waals surface area (Å²) in [5.41, 5.74) is 7.07. The summed E-state index contributed by atoms with van der Waals surface area (Å²) in [5, 5.41) is 1.44. The van der Waals surface area contributed by atoms with Gasteiger partial charge in [-0.05, 0) is 43.5 Å². The summed E-state index contributed by atoms with van der Waals surface area (Å²) in [5.74, 6) is 0.612. The molecule has 0 aliphatic carbocycles. The van der Waals surface area contributed by atoms with Crippen molar-refractivity contribution in [1.29, 1.82) is 0 Å². The average molecular weight is 273 g/mol. The number of hydrogen-bond donors (Lipinski definition) is 1. The molecule has 1 aromatic rings. The van der Waals surface area contributed by atoms with Crippen molar-refractivity contribution in [2.24, 2.45) is 11.7 Å². The predicted octanol–water partition coefficient (Wildman–Crippen LogP) is 3.16. The third-order valence-electron chi connectivity index (χ3n) is 3.46. The van der Waals surface area contributed by atoms with Gasteiger partial charge >= 0.3 is 0 Å². The molecule has 0 aromatic heterocycles. The lowest BCUT2D eigenvalue weighted by atomic mass is 10.0. The highest BCUT2D eigenvalue weighted by Crippen LogP contribution is 2.25. The first-order valence-electron chi connectivity index (χ1n) is 5.98. The van der Waals surface area contributed by atoms with Crippen molar-refractivity contribution < 1.29 is 0 Å². The Kier molecular flexibility index (Phi) is 4.31. The Hall–Kier alpha value is -0.280. The zero-order valence-electron chi connectivity index (χ0n) is 10.00. The number of benzene rings is 1. The van der Waals surface area contributed by atoms with E-state index in [1.54, 1.807) is 6.07 Å². The summed E-state index contributed by atoms with van der Waals surface area (Å²) in [6, 6.07) is 5.98. The first kappa shape index (κ1) is 13.2. The fraction of sp³-hybridized carbons (Fsp3) is 0.538. The third-order valence-corrected chi connectivity index (χ3v) is 4.05. The quantitative estimate of drug-likeness (QED) is 0.916. The first-order chi connectivity index (χ1) is 8.06. The van der Waals surface area contributed by atoms with Gasteiger partial charge in [-0.25, -0.2) is 0 Å². The molecule has 1 fully saturated rings. The summed E-state index contributed by atoms with van der Waals surface area (Å²) >= 11 is 12.1. The second-order valence-electron chi connectivity index (χ2n) is 4.88. The van der Waals surface area contributed by atoms with Crippen molar-refractivity contribution in [3.8, 4) is 0 Å². The van der Waals surface area contributed by atoms with Gasteiger partial charge in [-0.15, -0.1) is 0 Å². The van der Waals surface area contributed by atoms with E-state index in [-0.39, 0.29) is 6.04 Å². The molecule has 4 heteroatoms. The number of rotatable bonds is 3. The molecule has 17 heavy (non-hydrogen) atoms. The van der Waals surface area contributed by atoms with Gasteiger partial charge in [0.2, 0.25) is 0 Å². The lowest BCUT2D eigenvalue weighted by Crippen LogP contribution is -2.29. The Morgan fingerprint density at radius 3 is 2.82 bits per heavy atom. The SMILES string of the molecule is CC(N)C1CCN(Cc2ccc(Cl)cc2Cl)C1. The molecule has 1 aliphatic heterocycles. The van der Waals surface area contributed by atoms with E-state index in [2.05, 4.69) is 11.8 Å². The second kappa shape index (κ2) is 5.57. The Morgan fingerprint density at radius 1 is 1.47 bits per heavy atom. The number of likely N-dealkylation sites (tertiary alicyclic amines) is 1. The van der Waals surface area contributed by atoms with Crippen LogP contribution in [0.5, 0.6) is 0 Å². The molecule has 2 unspecified atom stereocenters. The average Bonchev–Trinajstić information content (AvgIpc) is 2.71. The minimum Gasteiger partial charge on any atom is -0.328 e. The predicted molar refractivity (Wildman–Crippen MR) is 73.5 cm³/mol. The smallest absolute Gasteiger partial charge is 0.0465 e. The largest absolute Gasteiger partial charge is 0.328 e. The Labute approximate surface area is 113 Å². The molecule has 2 rings (SSSR count). The molecule has 2 N–H and O–H groups in total. The summed E-state index contributed by atoms with van der Waals surface area (Å²) in [7, 11) is 0. The van der Waals surface area contributed by atoms with Gasteiger partial charge in [-0.1, -0.05) is 29.3 Å². The standard InChI is InChI=1S/C13H18Cl2N2/c1-9(16)10-4-5-17(7-10)8-11-2-3-12(14)6-13(11)15/h2-3,6,9-10H,4-5,7-8,16H2,1H3. The molecule has 0 saturated carbocycles. The highest BCUT2D eigenvalue weighted by molar-refractivity contribution is 6.35. The molecule has 0 radical (unpaired) electrons. The monoisotopic (exact) mass is 272 g/mol. The van der Waals surface area contributed by atoms with Crippen molar-refractivity contribution in [2.45, 2.75) is 25.9 Å². The zero-order valence-corrected chi connectivity index (χ0v) is 11.5. The van der Waals surface area contributed by atoms with Gasteiger partial charge in [-0.3, -0.25) is 4.90 Å². The van der Waals surface area contributed by atoms with Crippen LogP contribution >= 0.6 is 23.2 Å². The van der Waals surface area contributed by atoms with Gasteiger partial charge in [0.1, 0.15) is 0 Å². The maximum atomic E-state index is 6.17. The minimum absolute atomic E-state index is 0.278. The summed E-state index contributed by atoms with van der Waals surface area (Å²) in [4.78, 5) is 2.41. The molecular weight excluding hydrogens is 255 g/mol. The van der Waals surface area contributed by atoms with E-state index in [1.807, 2.05) is 12.1 Å².